The van der Waals surface area contributed by atoms with Crippen LogP contribution in [0.15, 0.2) is 30.3 Å². The Morgan fingerprint density at radius 3 is 2.89 bits per heavy atom. The molecule has 4 heteroatoms. The van der Waals surface area contributed by atoms with Gasteiger partial charge in [-0.15, -0.1) is 0 Å². The molecule has 1 aromatic heterocycles. The minimum absolute atomic E-state index is 0.0696. The largest absolute Gasteiger partial charge is 0.494 e. The van der Waals surface area contributed by atoms with Crippen LogP contribution in [0.25, 0.3) is 10.9 Å². The molecule has 0 amide bonds. The number of hydrogen-bond acceptors (Lipinski definition) is 4. The van der Waals surface area contributed by atoms with Gasteiger partial charge in [0.1, 0.15) is 11.3 Å². The van der Waals surface area contributed by atoms with Gasteiger partial charge in [0, 0.05) is 18.0 Å². The molecule has 0 saturated carbocycles. The van der Waals surface area contributed by atoms with E-state index in [0.717, 1.165) is 22.3 Å². The quantitative estimate of drug-likeness (QED) is 0.843. The minimum atomic E-state index is 0.0696. The Labute approximate surface area is 107 Å². The first-order chi connectivity index (χ1) is 8.74. The summed E-state index contributed by atoms with van der Waals surface area (Å²) in [6.45, 7) is 2.69. The van der Waals surface area contributed by atoms with Gasteiger partial charge in [-0.2, -0.15) is 0 Å². The van der Waals surface area contributed by atoms with E-state index in [1.54, 1.807) is 7.11 Å². The molecule has 2 N–H and O–H groups in total. The highest BCUT2D eigenvalue weighted by Gasteiger charge is 2.05. The summed E-state index contributed by atoms with van der Waals surface area (Å²) in [7, 11) is 1.65. The van der Waals surface area contributed by atoms with Crippen LogP contribution in [0, 0.1) is 0 Å². The second-order valence-corrected chi connectivity index (χ2v) is 4.30. The minimum Gasteiger partial charge on any atom is -0.494 e. The topological polar surface area (TPSA) is 54.4 Å². The molecule has 0 aliphatic rings. The Morgan fingerprint density at radius 1 is 1.33 bits per heavy atom. The number of hydrogen-bond donors (Lipinski definition) is 2. The number of benzene rings is 1. The van der Waals surface area contributed by atoms with E-state index in [2.05, 4.69) is 10.3 Å². The van der Waals surface area contributed by atoms with Gasteiger partial charge in [0.2, 0.25) is 0 Å². The maximum atomic E-state index is 8.96. The molecule has 1 atom stereocenters. The Kier molecular flexibility index (Phi) is 4.12. The lowest BCUT2D eigenvalue weighted by Crippen LogP contribution is -2.28. The molecule has 1 aromatic carbocycles. The smallest absolute Gasteiger partial charge is 0.145 e. The average Bonchev–Trinajstić information content (AvgIpc) is 2.43. The number of aromatic nitrogens is 1. The molecule has 1 unspecified atom stereocenters. The van der Waals surface area contributed by atoms with Gasteiger partial charge in [-0.3, -0.25) is 0 Å². The summed E-state index contributed by atoms with van der Waals surface area (Å²) in [6.07, 6.45) is 0. The number of nitrogens with one attached hydrogen (secondary N) is 1. The van der Waals surface area contributed by atoms with E-state index in [1.807, 2.05) is 37.3 Å². The van der Waals surface area contributed by atoms with E-state index in [-0.39, 0.29) is 12.6 Å². The first kappa shape index (κ1) is 12.8. The van der Waals surface area contributed by atoms with Crippen LogP contribution in [0.5, 0.6) is 5.75 Å². The third-order valence-corrected chi connectivity index (χ3v) is 2.87. The van der Waals surface area contributed by atoms with Gasteiger partial charge in [-0.05, 0) is 19.1 Å². The van der Waals surface area contributed by atoms with Crippen molar-refractivity contribution in [3.8, 4) is 5.75 Å². The summed E-state index contributed by atoms with van der Waals surface area (Å²) in [5.74, 6) is 0.782. The van der Waals surface area contributed by atoms with Crippen LogP contribution in [0.3, 0.4) is 0 Å². The Balaban J connectivity index is 2.25. The van der Waals surface area contributed by atoms with Crippen molar-refractivity contribution in [1.29, 1.82) is 0 Å². The first-order valence-electron chi connectivity index (χ1n) is 6.01. The highest BCUT2D eigenvalue weighted by atomic mass is 16.5. The zero-order chi connectivity index (χ0) is 13.0. The van der Waals surface area contributed by atoms with Crippen molar-refractivity contribution in [1.82, 2.24) is 10.3 Å². The fourth-order valence-corrected chi connectivity index (χ4v) is 1.77. The Bertz CT molecular complexity index is 528. The van der Waals surface area contributed by atoms with Gasteiger partial charge < -0.3 is 15.2 Å². The van der Waals surface area contributed by atoms with E-state index < -0.39 is 0 Å². The van der Waals surface area contributed by atoms with Gasteiger partial charge in [0.15, 0.2) is 0 Å². The number of para-hydroxylation sites is 1. The van der Waals surface area contributed by atoms with E-state index >= 15 is 0 Å². The van der Waals surface area contributed by atoms with Gasteiger partial charge >= 0.3 is 0 Å². The summed E-state index contributed by atoms with van der Waals surface area (Å²) < 4.78 is 5.31. The van der Waals surface area contributed by atoms with Crippen molar-refractivity contribution in [3.05, 3.63) is 36.0 Å². The van der Waals surface area contributed by atoms with Crippen molar-refractivity contribution < 1.29 is 9.84 Å². The zero-order valence-corrected chi connectivity index (χ0v) is 10.7. The zero-order valence-electron chi connectivity index (χ0n) is 10.7. The van der Waals surface area contributed by atoms with Crippen LogP contribution >= 0.6 is 0 Å². The Morgan fingerprint density at radius 2 is 2.17 bits per heavy atom. The fourth-order valence-electron chi connectivity index (χ4n) is 1.77. The number of aliphatic hydroxyl groups is 1. The summed E-state index contributed by atoms with van der Waals surface area (Å²) in [5.41, 5.74) is 1.81. The number of pyridine rings is 1. The summed E-state index contributed by atoms with van der Waals surface area (Å²) in [5, 5.41) is 13.2. The van der Waals surface area contributed by atoms with Gasteiger partial charge in [0.05, 0.1) is 19.4 Å². The second kappa shape index (κ2) is 5.80. The lowest BCUT2D eigenvalue weighted by atomic mass is 10.2. The normalized spacial score (nSPS) is 12.6. The number of ether oxygens (including phenoxy) is 1. The van der Waals surface area contributed by atoms with Crippen molar-refractivity contribution >= 4 is 10.9 Å². The number of nitrogens with zero attached hydrogens (tertiary/aromatic N) is 1. The fraction of sp³-hybridized carbons (Fsp3) is 0.357. The molecule has 0 bridgehead atoms. The van der Waals surface area contributed by atoms with E-state index in [9.17, 15) is 0 Å². The number of rotatable bonds is 5. The molecular formula is C14H18N2O2. The van der Waals surface area contributed by atoms with Crippen molar-refractivity contribution in [2.75, 3.05) is 13.7 Å². The molecule has 96 valence electrons. The number of aliphatic hydroxyl groups excluding tert-OH is 1. The van der Waals surface area contributed by atoms with Gasteiger partial charge in [0.25, 0.3) is 0 Å². The third-order valence-electron chi connectivity index (χ3n) is 2.87. The van der Waals surface area contributed by atoms with Crippen LogP contribution in [0.2, 0.25) is 0 Å². The van der Waals surface area contributed by atoms with E-state index in [0.29, 0.717) is 6.54 Å². The lowest BCUT2D eigenvalue weighted by Gasteiger charge is -2.11. The van der Waals surface area contributed by atoms with Crippen LogP contribution in [0.1, 0.15) is 12.6 Å². The Hall–Kier alpha value is -1.65. The molecule has 2 aromatic rings. The molecular weight excluding hydrogens is 228 g/mol. The van der Waals surface area contributed by atoms with Gasteiger partial charge in [-0.1, -0.05) is 18.2 Å². The SMILES string of the molecule is COc1cccc2ccc(CNC(C)CO)nc12. The molecule has 4 nitrogen and oxygen atoms in total. The molecule has 0 radical (unpaired) electrons. The van der Waals surface area contributed by atoms with Crippen LogP contribution in [-0.4, -0.2) is 29.8 Å². The third kappa shape index (κ3) is 2.78. The average molecular weight is 246 g/mol. The molecule has 0 saturated heterocycles. The first-order valence-corrected chi connectivity index (χ1v) is 6.01. The lowest BCUT2D eigenvalue weighted by molar-refractivity contribution is 0.250. The van der Waals surface area contributed by atoms with E-state index in [1.165, 1.54) is 0 Å². The maximum Gasteiger partial charge on any atom is 0.145 e. The van der Waals surface area contributed by atoms with Crippen molar-refractivity contribution in [2.24, 2.45) is 0 Å². The predicted octanol–water partition coefficient (Wildman–Crippen LogP) is 1.71. The number of fused-ring (bicyclic) bond motifs is 1. The highest BCUT2D eigenvalue weighted by Crippen LogP contribution is 2.23. The predicted molar refractivity (Wildman–Crippen MR) is 71.7 cm³/mol. The maximum absolute atomic E-state index is 8.96. The molecule has 0 spiro atoms. The summed E-state index contributed by atoms with van der Waals surface area (Å²) in [4.78, 5) is 4.58. The monoisotopic (exact) mass is 246 g/mol. The molecule has 2 rings (SSSR count). The van der Waals surface area contributed by atoms with Crippen LogP contribution in [-0.2, 0) is 6.54 Å². The van der Waals surface area contributed by atoms with Crippen LogP contribution in [0.4, 0.5) is 0 Å². The van der Waals surface area contributed by atoms with Crippen molar-refractivity contribution in [3.63, 3.8) is 0 Å². The van der Waals surface area contributed by atoms with Gasteiger partial charge in [-0.25, -0.2) is 4.98 Å². The molecule has 0 aliphatic heterocycles. The number of methoxy groups -OCH3 is 1. The second-order valence-electron chi connectivity index (χ2n) is 4.30. The van der Waals surface area contributed by atoms with Crippen LogP contribution < -0.4 is 10.1 Å². The molecule has 1 heterocycles. The molecule has 18 heavy (non-hydrogen) atoms. The van der Waals surface area contributed by atoms with E-state index in [4.69, 9.17) is 9.84 Å². The summed E-state index contributed by atoms with van der Waals surface area (Å²) in [6, 6.07) is 9.96. The standard InChI is InChI=1S/C14H18N2O2/c1-10(9-17)15-8-12-7-6-11-4-3-5-13(18-2)14(11)16-12/h3-7,10,15,17H,8-9H2,1-2H3. The highest BCUT2D eigenvalue weighted by molar-refractivity contribution is 5.84. The summed E-state index contributed by atoms with van der Waals surface area (Å²) >= 11 is 0. The molecule has 0 aliphatic carbocycles. The van der Waals surface area contributed by atoms with Crippen molar-refractivity contribution in [2.45, 2.75) is 19.5 Å². The molecule has 0 fully saturated rings.